The molecule has 1 N–H and O–H groups in total. The molecule has 3 rings (SSSR count). The molecule has 0 bridgehead atoms. The summed E-state index contributed by atoms with van der Waals surface area (Å²) in [4.78, 5) is 27.8. The number of aliphatic hydroxyl groups is 1. The number of ketones is 1. The van der Waals surface area contributed by atoms with Crippen LogP contribution in [0, 0.1) is 12.8 Å². The number of Topliss-reactive ketones (excluding diaryl/α,β-unsaturated/α-hetero) is 1. The van der Waals surface area contributed by atoms with Gasteiger partial charge in [0.2, 0.25) is 0 Å². The Hall–Kier alpha value is -3.12. The molecule has 0 saturated carbocycles. The second-order valence-corrected chi connectivity index (χ2v) is 10.5. The van der Waals surface area contributed by atoms with Crippen LogP contribution < -0.4 is 4.74 Å². The molecule has 1 saturated heterocycles. The predicted octanol–water partition coefficient (Wildman–Crippen LogP) is 5.40. The average Bonchev–Trinajstić information content (AvgIpc) is 3.05. The molecule has 0 spiro atoms. The highest BCUT2D eigenvalue weighted by atomic mass is 16.5. The fourth-order valence-corrected chi connectivity index (χ4v) is 4.14. The van der Waals surface area contributed by atoms with Crippen LogP contribution in [0.4, 0.5) is 0 Å². The third kappa shape index (κ3) is 5.76. The molecule has 1 heterocycles. The molecule has 0 aromatic heterocycles. The van der Waals surface area contributed by atoms with Crippen molar-refractivity contribution in [1.82, 2.24) is 4.90 Å². The van der Waals surface area contributed by atoms with E-state index < -0.39 is 17.7 Å². The van der Waals surface area contributed by atoms with Crippen LogP contribution in [0.25, 0.3) is 5.76 Å². The Balaban J connectivity index is 2.13. The second kappa shape index (κ2) is 10.6. The topological polar surface area (TPSA) is 76.1 Å². The van der Waals surface area contributed by atoms with E-state index in [1.54, 1.807) is 7.11 Å². The molecular formula is C29H37NO5. The lowest BCUT2D eigenvalue weighted by Gasteiger charge is -2.26. The van der Waals surface area contributed by atoms with Gasteiger partial charge in [0.15, 0.2) is 0 Å². The Morgan fingerprint density at radius 2 is 1.74 bits per heavy atom. The summed E-state index contributed by atoms with van der Waals surface area (Å²) < 4.78 is 11.0. The predicted molar refractivity (Wildman–Crippen MR) is 138 cm³/mol. The number of hydrogen-bond donors (Lipinski definition) is 1. The summed E-state index contributed by atoms with van der Waals surface area (Å²) in [5.74, 6) is -0.382. The number of aryl methyl sites for hydroxylation is 1. The van der Waals surface area contributed by atoms with Gasteiger partial charge in [-0.2, -0.15) is 0 Å². The Kier molecular flexibility index (Phi) is 8.06. The number of rotatable bonds is 8. The van der Waals surface area contributed by atoms with Crippen LogP contribution in [-0.2, 0) is 19.7 Å². The van der Waals surface area contributed by atoms with Crippen molar-refractivity contribution >= 4 is 17.4 Å². The van der Waals surface area contributed by atoms with Gasteiger partial charge >= 0.3 is 0 Å². The van der Waals surface area contributed by atoms with E-state index in [4.69, 9.17) is 9.47 Å². The lowest BCUT2D eigenvalue weighted by atomic mass is 9.84. The van der Waals surface area contributed by atoms with Gasteiger partial charge in [-0.1, -0.05) is 58.9 Å². The maximum Gasteiger partial charge on any atom is 0.295 e. The van der Waals surface area contributed by atoms with E-state index in [2.05, 4.69) is 34.6 Å². The highest BCUT2D eigenvalue weighted by Crippen LogP contribution is 2.40. The van der Waals surface area contributed by atoms with E-state index in [9.17, 15) is 14.7 Å². The molecule has 2 aromatic rings. The molecule has 6 nitrogen and oxygen atoms in total. The van der Waals surface area contributed by atoms with Gasteiger partial charge in [-0.3, -0.25) is 9.59 Å². The largest absolute Gasteiger partial charge is 0.507 e. The molecule has 1 aliphatic rings. The number of aliphatic hydroxyl groups excluding tert-OH is 1. The van der Waals surface area contributed by atoms with Crippen molar-refractivity contribution in [3.63, 3.8) is 0 Å². The lowest BCUT2D eigenvalue weighted by Crippen LogP contribution is -2.32. The normalized spacial score (nSPS) is 17.9. The van der Waals surface area contributed by atoms with Crippen LogP contribution in [0.15, 0.2) is 48.0 Å². The lowest BCUT2D eigenvalue weighted by molar-refractivity contribution is -0.140. The molecule has 1 fully saturated rings. The van der Waals surface area contributed by atoms with E-state index in [1.165, 1.54) is 4.90 Å². The Morgan fingerprint density at radius 1 is 1.09 bits per heavy atom. The number of amides is 1. The summed E-state index contributed by atoms with van der Waals surface area (Å²) in [6.45, 7) is 13.4. The van der Waals surface area contributed by atoms with Gasteiger partial charge < -0.3 is 19.5 Å². The average molecular weight is 480 g/mol. The number of methoxy groups -OCH3 is 1. The van der Waals surface area contributed by atoms with Crippen molar-refractivity contribution in [1.29, 1.82) is 0 Å². The Labute approximate surface area is 208 Å². The second-order valence-electron chi connectivity index (χ2n) is 10.5. The molecule has 1 unspecified atom stereocenters. The zero-order chi connectivity index (χ0) is 25.9. The number of carbonyl (C=O) groups excluding carboxylic acids is 2. The fraction of sp³-hybridized carbons (Fsp3) is 0.448. The number of ether oxygens (including phenoxy) is 2. The van der Waals surface area contributed by atoms with Crippen LogP contribution >= 0.6 is 0 Å². The number of benzene rings is 2. The van der Waals surface area contributed by atoms with Gasteiger partial charge in [0.1, 0.15) is 11.5 Å². The molecular weight excluding hydrogens is 442 g/mol. The van der Waals surface area contributed by atoms with Gasteiger partial charge in [0.25, 0.3) is 11.7 Å². The minimum absolute atomic E-state index is 0.0936. The number of likely N-dealkylation sites (tertiary alicyclic amines) is 1. The van der Waals surface area contributed by atoms with Crippen molar-refractivity contribution in [3.05, 3.63) is 70.3 Å². The first-order chi connectivity index (χ1) is 16.5. The van der Waals surface area contributed by atoms with E-state index >= 15 is 0 Å². The SMILES string of the molecule is COCCN1C(=O)C(=O)/C(=C(/O)c2cc(C(C)(C)C)ccc2C)C1c1ccc(OCC(C)C)cc1. The van der Waals surface area contributed by atoms with Crippen molar-refractivity contribution in [2.45, 2.75) is 53.0 Å². The van der Waals surface area contributed by atoms with Gasteiger partial charge in [-0.15, -0.1) is 0 Å². The number of hydrogen-bond acceptors (Lipinski definition) is 5. The molecule has 1 atom stereocenters. The Morgan fingerprint density at radius 3 is 2.31 bits per heavy atom. The molecule has 188 valence electrons. The maximum absolute atomic E-state index is 13.2. The van der Waals surface area contributed by atoms with E-state index in [0.29, 0.717) is 23.8 Å². The number of carbonyl (C=O) groups is 2. The first-order valence-corrected chi connectivity index (χ1v) is 12.1. The highest BCUT2D eigenvalue weighted by Gasteiger charge is 2.46. The van der Waals surface area contributed by atoms with Crippen LogP contribution in [0.5, 0.6) is 5.75 Å². The summed E-state index contributed by atoms with van der Waals surface area (Å²) in [7, 11) is 1.55. The summed E-state index contributed by atoms with van der Waals surface area (Å²) in [6, 6.07) is 12.5. The van der Waals surface area contributed by atoms with Gasteiger partial charge in [-0.25, -0.2) is 0 Å². The van der Waals surface area contributed by atoms with Gasteiger partial charge in [-0.05, 0) is 53.1 Å². The fourth-order valence-electron chi connectivity index (χ4n) is 4.14. The minimum Gasteiger partial charge on any atom is -0.507 e. The molecule has 35 heavy (non-hydrogen) atoms. The van der Waals surface area contributed by atoms with Crippen molar-refractivity contribution in [3.8, 4) is 5.75 Å². The number of nitrogens with zero attached hydrogens (tertiary/aromatic N) is 1. The van der Waals surface area contributed by atoms with Gasteiger partial charge in [0, 0.05) is 19.2 Å². The summed E-state index contributed by atoms with van der Waals surface area (Å²) >= 11 is 0. The zero-order valence-electron chi connectivity index (χ0n) is 21.8. The minimum atomic E-state index is -0.720. The van der Waals surface area contributed by atoms with E-state index in [-0.39, 0.29) is 29.9 Å². The van der Waals surface area contributed by atoms with E-state index in [1.807, 2.05) is 49.4 Å². The van der Waals surface area contributed by atoms with Gasteiger partial charge in [0.05, 0.1) is 24.8 Å². The molecule has 1 aliphatic heterocycles. The first kappa shape index (κ1) is 26.5. The Bertz CT molecular complexity index is 1110. The van der Waals surface area contributed by atoms with Crippen LogP contribution in [0.1, 0.15) is 62.9 Å². The van der Waals surface area contributed by atoms with Crippen LogP contribution in [0.3, 0.4) is 0 Å². The summed E-state index contributed by atoms with van der Waals surface area (Å²) in [5, 5.41) is 11.5. The monoisotopic (exact) mass is 479 g/mol. The summed E-state index contributed by atoms with van der Waals surface area (Å²) in [6.07, 6.45) is 0. The molecule has 1 amide bonds. The third-order valence-electron chi connectivity index (χ3n) is 6.21. The quantitative estimate of drug-likeness (QED) is 0.312. The standard InChI is InChI=1S/C29H37NO5/c1-18(2)17-35-22-12-9-20(10-13-22)25-24(27(32)28(33)30(25)14-15-34-7)26(31)23-16-21(29(4,5)6)11-8-19(23)3/h8-13,16,18,25,31H,14-15,17H2,1-7H3/b26-24+. The molecule has 2 aromatic carbocycles. The molecule has 0 radical (unpaired) electrons. The zero-order valence-corrected chi connectivity index (χ0v) is 21.8. The van der Waals surface area contributed by atoms with E-state index in [0.717, 1.165) is 16.7 Å². The third-order valence-corrected chi connectivity index (χ3v) is 6.21. The van der Waals surface area contributed by atoms with Crippen LogP contribution in [0.2, 0.25) is 0 Å². The summed E-state index contributed by atoms with van der Waals surface area (Å²) in [5.41, 5.74) is 3.10. The molecule has 6 heteroatoms. The van der Waals surface area contributed by atoms with Crippen molar-refractivity contribution < 1.29 is 24.2 Å². The molecule has 0 aliphatic carbocycles. The maximum atomic E-state index is 13.2. The van der Waals surface area contributed by atoms with Crippen molar-refractivity contribution in [2.75, 3.05) is 26.9 Å². The first-order valence-electron chi connectivity index (χ1n) is 12.1. The highest BCUT2D eigenvalue weighted by molar-refractivity contribution is 6.46. The van der Waals surface area contributed by atoms with Crippen LogP contribution in [-0.4, -0.2) is 48.6 Å². The van der Waals surface area contributed by atoms with Crippen molar-refractivity contribution in [2.24, 2.45) is 5.92 Å². The smallest absolute Gasteiger partial charge is 0.295 e.